The van der Waals surface area contributed by atoms with Gasteiger partial charge in [0.15, 0.2) is 0 Å². The van der Waals surface area contributed by atoms with Crippen LogP contribution in [-0.2, 0) is 16.8 Å². The molecule has 6 heteroatoms. The number of pyridine rings is 2. The highest BCUT2D eigenvalue weighted by Crippen LogP contribution is 2.32. The lowest BCUT2D eigenvalue weighted by Crippen LogP contribution is -2.30. The van der Waals surface area contributed by atoms with Crippen LogP contribution in [0.1, 0.15) is 30.7 Å². The predicted molar refractivity (Wildman–Crippen MR) is 113 cm³/mol. The normalized spacial score (nSPS) is 11.2. The molecule has 2 N–H and O–H groups in total. The standard InChI is InChI=1S/C23H25N3O3/c1-15-6-5-7-16(12-15)13-24-20-11-8-17(14-25-20)18-9-10-19(29-4)21(26-18)23(2,3)22(27)28/h5-12,14H,13H2,1-4H3,(H,24,25)(H,27,28). The van der Waals surface area contributed by atoms with Gasteiger partial charge in [0.05, 0.1) is 18.5 Å². The van der Waals surface area contributed by atoms with E-state index >= 15 is 0 Å². The van der Waals surface area contributed by atoms with E-state index < -0.39 is 11.4 Å². The molecule has 0 spiro atoms. The summed E-state index contributed by atoms with van der Waals surface area (Å²) in [6.45, 7) is 5.98. The zero-order valence-corrected chi connectivity index (χ0v) is 17.1. The van der Waals surface area contributed by atoms with Crippen molar-refractivity contribution in [2.75, 3.05) is 12.4 Å². The van der Waals surface area contributed by atoms with Crippen molar-refractivity contribution in [2.24, 2.45) is 0 Å². The van der Waals surface area contributed by atoms with Gasteiger partial charge in [0.1, 0.15) is 17.0 Å². The van der Waals surface area contributed by atoms with E-state index in [4.69, 9.17) is 4.74 Å². The molecule has 0 fully saturated rings. The third kappa shape index (κ3) is 4.54. The molecule has 3 aromatic rings. The lowest BCUT2D eigenvalue weighted by atomic mass is 9.88. The Morgan fingerprint density at radius 1 is 1.17 bits per heavy atom. The molecule has 150 valence electrons. The number of aliphatic carboxylic acids is 1. The van der Waals surface area contributed by atoms with Crippen LogP contribution in [0.3, 0.4) is 0 Å². The van der Waals surface area contributed by atoms with Crippen LogP contribution in [0.5, 0.6) is 5.75 Å². The topological polar surface area (TPSA) is 84.3 Å². The maximum Gasteiger partial charge on any atom is 0.315 e. The molecule has 0 saturated carbocycles. The molecule has 0 bridgehead atoms. The molecular weight excluding hydrogens is 366 g/mol. The van der Waals surface area contributed by atoms with Crippen LogP contribution in [0.15, 0.2) is 54.7 Å². The molecule has 0 aliphatic heterocycles. The average molecular weight is 391 g/mol. The minimum Gasteiger partial charge on any atom is -0.495 e. The fourth-order valence-electron chi connectivity index (χ4n) is 2.99. The van der Waals surface area contributed by atoms with E-state index in [2.05, 4.69) is 40.4 Å². The fourth-order valence-corrected chi connectivity index (χ4v) is 2.99. The average Bonchev–Trinajstić information content (AvgIpc) is 2.72. The molecule has 3 rings (SSSR count). The number of carbonyl (C=O) groups is 1. The Hall–Kier alpha value is -3.41. The van der Waals surface area contributed by atoms with Crippen LogP contribution in [0.4, 0.5) is 5.82 Å². The quantitative estimate of drug-likeness (QED) is 0.620. The van der Waals surface area contributed by atoms with Crippen LogP contribution >= 0.6 is 0 Å². The van der Waals surface area contributed by atoms with E-state index in [-0.39, 0.29) is 0 Å². The van der Waals surface area contributed by atoms with Crippen molar-refractivity contribution in [2.45, 2.75) is 32.7 Å². The summed E-state index contributed by atoms with van der Waals surface area (Å²) in [6, 6.07) is 15.7. The summed E-state index contributed by atoms with van der Waals surface area (Å²) >= 11 is 0. The smallest absolute Gasteiger partial charge is 0.315 e. The molecule has 0 aliphatic carbocycles. The van der Waals surface area contributed by atoms with Gasteiger partial charge < -0.3 is 15.2 Å². The number of nitrogens with zero attached hydrogens (tertiary/aromatic N) is 2. The Labute approximate surface area is 170 Å². The van der Waals surface area contributed by atoms with Crippen LogP contribution in [-0.4, -0.2) is 28.2 Å². The van der Waals surface area contributed by atoms with E-state index in [0.717, 1.165) is 11.4 Å². The summed E-state index contributed by atoms with van der Waals surface area (Å²) in [5.74, 6) is 0.245. The number of aryl methyl sites for hydroxylation is 1. The molecule has 0 atom stereocenters. The fraction of sp³-hybridized carbons (Fsp3) is 0.261. The summed E-state index contributed by atoms with van der Waals surface area (Å²) in [7, 11) is 1.51. The van der Waals surface area contributed by atoms with Gasteiger partial charge in [-0.25, -0.2) is 9.97 Å². The Kier molecular flexibility index (Phi) is 5.82. The van der Waals surface area contributed by atoms with Crippen molar-refractivity contribution in [3.63, 3.8) is 0 Å². The van der Waals surface area contributed by atoms with Crippen molar-refractivity contribution in [3.05, 3.63) is 71.5 Å². The Balaban J connectivity index is 1.81. The zero-order valence-electron chi connectivity index (χ0n) is 17.1. The van der Waals surface area contributed by atoms with Gasteiger partial charge in [0.2, 0.25) is 0 Å². The number of carboxylic acids is 1. The third-order valence-corrected chi connectivity index (χ3v) is 4.82. The molecular formula is C23H25N3O3. The van der Waals surface area contributed by atoms with Crippen LogP contribution < -0.4 is 10.1 Å². The molecule has 0 unspecified atom stereocenters. The molecule has 0 amide bonds. The zero-order chi connectivity index (χ0) is 21.0. The first-order valence-electron chi connectivity index (χ1n) is 9.36. The third-order valence-electron chi connectivity index (χ3n) is 4.82. The van der Waals surface area contributed by atoms with E-state index in [1.807, 2.05) is 18.2 Å². The molecule has 2 heterocycles. The minimum atomic E-state index is -1.18. The number of methoxy groups -OCH3 is 1. The second kappa shape index (κ2) is 8.31. The van der Waals surface area contributed by atoms with Crippen molar-refractivity contribution in [1.82, 2.24) is 9.97 Å². The van der Waals surface area contributed by atoms with Crippen LogP contribution in [0.2, 0.25) is 0 Å². The van der Waals surface area contributed by atoms with Gasteiger partial charge in [0, 0.05) is 18.3 Å². The number of hydrogen-bond acceptors (Lipinski definition) is 5. The number of aromatic nitrogens is 2. The molecule has 6 nitrogen and oxygen atoms in total. The Morgan fingerprint density at radius 2 is 1.97 bits per heavy atom. The first kappa shape index (κ1) is 20.3. The number of anilines is 1. The predicted octanol–water partition coefficient (Wildman–Crippen LogP) is 4.43. The second-order valence-electron chi connectivity index (χ2n) is 7.45. The van der Waals surface area contributed by atoms with Gasteiger partial charge in [0.25, 0.3) is 0 Å². The summed E-state index contributed by atoms with van der Waals surface area (Å²) in [5, 5.41) is 12.9. The van der Waals surface area contributed by atoms with E-state index in [1.165, 1.54) is 18.2 Å². The Bertz CT molecular complexity index is 1010. The van der Waals surface area contributed by atoms with Crippen molar-refractivity contribution in [1.29, 1.82) is 0 Å². The van der Waals surface area contributed by atoms with E-state index in [9.17, 15) is 9.90 Å². The largest absolute Gasteiger partial charge is 0.495 e. The van der Waals surface area contributed by atoms with Crippen molar-refractivity contribution >= 4 is 11.8 Å². The van der Waals surface area contributed by atoms with Gasteiger partial charge in [-0.3, -0.25) is 4.79 Å². The summed E-state index contributed by atoms with van der Waals surface area (Å²) in [4.78, 5) is 20.7. The van der Waals surface area contributed by atoms with Crippen molar-refractivity contribution < 1.29 is 14.6 Å². The number of benzene rings is 1. The number of hydrogen-bond donors (Lipinski definition) is 2. The molecule has 0 radical (unpaired) electrons. The molecule has 0 aliphatic rings. The number of nitrogens with one attached hydrogen (secondary N) is 1. The Morgan fingerprint density at radius 3 is 2.59 bits per heavy atom. The number of ether oxygens (including phenoxy) is 1. The number of carboxylic acid groups (broad SMARTS) is 1. The summed E-state index contributed by atoms with van der Waals surface area (Å²) in [5.41, 5.74) is 3.06. The minimum absolute atomic E-state index is 0.381. The van der Waals surface area contributed by atoms with Crippen LogP contribution in [0, 0.1) is 6.92 Å². The number of rotatable bonds is 7. The maximum atomic E-state index is 11.7. The lowest BCUT2D eigenvalue weighted by Gasteiger charge is -2.21. The van der Waals surface area contributed by atoms with Gasteiger partial charge >= 0.3 is 5.97 Å². The molecule has 1 aromatic carbocycles. The highest BCUT2D eigenvalue weighted by molar-refractivity contribution is 5.81. The maximum absolute atomic E-state index is 11.7. The molecule has 0 saturated heterocycles. The summed E-state index contributed by atoms with van der Waals surface area (Å²) in [6.07, 6.45) is 1.73. The molecule has 2 aromatic heterocycles. The highest BCUT2D eigenvalue weighted by atomic mass is 16.5. The van der Waals surface area contributed by atoms with Gasteiger partial charge in [-0.05, 0) is 50.6 Å². The van der Waals surface area contributed by atoms with Gasteiger partial charge in [-0.15, -0.1) is 0 Å². The monoisotopic (exact) mass is 391 g/mol. The van der Waals surface area contributed by atoms with Gasteiger partial charge in [-0.2, -0.15) is 0 Å². The van der Waals surface area contributed by atoms with Gasteiger partial charge in [-0.1, -0.05) is 29.8 Å². The summed E-state index contributed by atoms with van der Waals surface area (Å²) < 4.78 is 5.32. The van der Waals surface area contributed by atoms with Crippen molar-refractivity contribution in [3.8, 4) is 17.0 Å². The highest BCUT2D eigenvalue weighted by Gasteiger charge is 2.34. The molecule has 29 heavy (non-hydrogen) atoms. The first-order chi connectivity index (χ1) is 13.8. The lowest BCUT2D eigenvalue weighted by molar-refractivity contribution is -0.142. The van der Waals surface area contributed by atoms with Crippen LogP contribution in [0.25, 0.3) is 11.3 Å². The first-order valence-corrected chi connectivity index (χ1v) is 9.36. The second-order valence-corrected chi connectivity index (χ2v) is 7.45. The van der Waals surface area contributed by atoms with E-state index in [1.54, 1.807) is 32.2 Å². The van der Waals surface area contributed by atoms with E-state index in [0.29, 0.717) is 23.7 Å². The SMILES string of the molecule is COc1ccc(-c2ccc(NCc3cccc(C)c3)nc2)nc1C(C)(C)C(=O)O.